The molecular weight excluding hydrogens is 372 g/mol. The number of hydrogen-bond acceptors (Lipinski definition) is 8. The van der Waals surface area contributed by atoms with Gasteiger partial charge >= 0.3 is 0 Å². The van der Waals surface area contributed by atoms with E-state index in [1.54, 1.807) is 6.33 Å². The summed E-state index contributed by atoms with van der Waals surface area (Å²) in [7, 11) is 0. The average molecular weight is 405 g/mol. The van der Waals surface area contributed by atoms with Gasteiger partial charge in [0.25, 0.3) is 0 Å². The number of rotatable bonds is 7. The molecule has 0 radical (unpaired) electrons. The van der Waals surface area contributed by atoms with Crippen LogP contribution in [0, 0.1) is 0 Å². The minimum absolute atomic E-state index is 0.109. The van der Waals surface area contributed by atoms with Crippen LogP contribution in [0.2, 0.25) is 0 Å². The maximum Gasteiger partial charge on any atom is 0.167 e. The molecule has 0 aliphatic carbocycles. The zero-order chi connectivity index (χ0) is 20.8. The summed E-state index contributed by atoms with van der Waals surface area (Å²) in [5, 5.41) is 0. The van der Waals surface area contributed by atoms with Gasteiger partial charge < -0.3 is 19.9 Å². The van der Waals surface area contributed by atoms with Crippen LogP contribution in [0.25, 0.3) is 11.2 Å². The summed E-state index contributed by atoms with van der Waals surface area (Å²) in [6.07, 6.45) is 4.57. The Morgan fingerprint density at radius 2 is 1.97 bits per heavy atom. The van der Waals surface area contributed by atoms with Crippen LogP contribution in [0.5, 0.6) is 0 Å². The Kier molecular flexibility index (Phi) is 5.50. The predicted octanol–water partition coefficient (Wildman–Crippen LogP) is 2.34. The van der Waals surface area contributed by atoms with Crippen molar-refractivity contribution >= 4 is 17.0 Å². The van der Waals surface area contributed by atoms with E-state index in [1.807, 2.05) is 18.4 Å². The van der Waals surface area contributed by atoms with Crippen LogP contribution in [-0.4, -0.2) is 67.6 Å². The molecule has 0 bridgehead atoms. The van der Waals surface area contributed by atoms with E-state index in [4.69, 9.17) is 19.9 Å². The van der Waals surface area contributed by atoms with Crippen molar-refractivity contribution in [1.29, 1.82) is 0 Å². The molecular formula is C20H32N6O3. The van der Waals surface area contributed by atoms with Crippen molar-refractivity contribution in [2.24, 2.45) is 0 Å². The highest BCUT2D eigenvalue weighted by Gasteiger charge is 2.56. The van der Waals surface area contributed by atoms with Crippen LogP contribution in [0.1, 0.15) is 53.7 Å². The molecule has 0 aromatic carbocycles. The number of aromatic nitrogens is 4. The fraction of sp³-hybridized carbons (Fsp3) is 0.750. The number of fused-ring (bicyclic) bond motifs is 2. The number of unbranched alkanes of at least 4 members (excludes halogenated alkanes) is 1. The lowest BCUT2D eigenvalue weighted by atomic mass is 10.1. The number of hydrogen-bond donors (Lipinski definition) is 1. The first-order valence-corrected chi connectivity index (χ1v) is 10.5. The van der Waals surface area contributed by atoms with E-state index in [0.29, 0.717) is 23.0 Å². The van der Waals surface area contributed by atoms with Crippen LogP contribution >= 0.6 is 0 Å². The maximum absolute atomic E-state index is 6.50. The molecule has 2 N–H and O–H groups in total. The Balaban J connectivity index is 1.63. The van der Waals surface area contributed by atoms with Crippen molar-refractivity contribution in [3.05, 3.63) is 12.7 Å². The highest BCUT2D eigenvalue weighted by Crippen LogP contribution is 2.44. The van der Waals surface area contributed by atoms with Crippen molar-refractivity contribution in [3.63, 3.8) is 0 Å². The quantitative estimate of drug-likeness (QED) is 0.750. The number of ether oxygens (including phenoxy) is 3. The molecule has 2 aromatic heterocycles. The molecule has 9 nitrogen and oxygen atoms in total. The van der Waals surface area contributed by atoms with Gasteiger partial charge in [-0.3, -0.25) is 9.47 Å². The summed E-state index contributed by atoms with van der Waals surface area (Å²) in [4.78, 5) is 15.2. The van der Waals surface area contributed by atoms with Crippen LogP contribution in [-0.2, 0) is 14.2 Å². The first-order chi connectivity index (χ1) is 13.8. The van der Waals surface area contributed by atoms with Gasteiger partial charge in [0.2, 0.25) is 0 Å². The van der Waals surface area contributed by atoms with Gasteiger partial charge in [-0.1, -0.05) is 13.3 Å². The van der Waals surface area contributed by atoms with Crippen LogP contribution in [0.3, 0.4) is 0 Å². The van der Waals surface area contributed by atoms with Gasteiger partial charge in [0, 0.05) is 12.6 Å². The summed E-state index contributed by atoms with van der Waals surface area (Å²) in [6, 6.07) is 0.430. The number of anilines is 1. The number of nitrogen functional groups attached to an aromatic ring is 1. The van der Waals surface area contributed by atoms with Crippen molar-refractivity contribution in [1.82, 2.24) is 24.4 Å². The first-order valence-electron chi connectivity index (χ1n) is 10.5. The van der Waals surface area contributed by atoms with Crippen molar-refractivity contribution in [2.45, 2.75) is 83.8 Å². The Labute approximate surface area is 171 Å². The second kappa shape index (κ2) is 7.79. The highest BCUT2D eigenvalue weighted by molar-refractivity contribution is 5.81. The zero-order valence-corrected chi connectivity index (χ0v) is 17.9. The third-order valence-electron chi connectivity index (χ3n) is 5.73. The molecule has 0 unspecified atom stereocenters. The van der Waals surface area contributed by atoms with E-state index in [2.05, 4.69) is 40.6 Å². The fourth-order valence-corrected chi connectivity index (χ4v) is 4.24. The van der Waals surface area contributed by atoms with Gasteiger partial charge in [-0.2, -0.15) is 0 Å². The molecule has 9 heteroatoms. The van der Waals surface area contributed by atoms with Gasteiger partial charge in [-0.15, -0.1) is 0 Å². The molecule has 0 saturated carbocycles. The largest absolute Gasteiger partial charge is 0.382 e. The molecule has 0 amide bonds. The third-order valence-corrected chi connectivity index (χ3v) is 5.73. The molecule has 4 atom stereocenters. The van der Waals surface area contributed by atoms with Gasteiger partial charge in [0.05, 0.1) is 6.33 Å². The lowest BCUT2D eigenvalue weighted by molar-refractivity contribution is -0.198. The highest BCUT2D eigenvalue weighted by atomic mass is 16.8. The molecule has 2 saturated heterocycles. The van der Waals surface area contributed by atoms with E-state index in [9.17, 15) is 0 Å². The van der Waals surface area contributed by atoms with E-state index >= 15 is 0 Å². The molecule has 4 heterocycles. The molecule has 0 spiro atoms. The zero-order valence-electron chi connectivity index (χ0n) is 17.9. The lowest BCUT2D eigenvalue weighted by Crippen LogP contribution is -2.43. The summed E-state index contributed by atoms with van der Waals surface area (Å²) >= 11 is 0. The van der Waals surface area contributed by atoms with Gasteiger partial charge in [-0.25, -0.2) is 15.0 Å². The molecule has 2 aliphatic rings. The van der Waals surface area contributed by atoms with Crippen LogP contribution < -0.4 is 5.73 Å². The molecule has 2 aromatic rings. The Morgan fingerprint density at radius 3 is 2.69 bits per heavy atom. The predicted molar refractivity (Wildman–Crippen MR) is 109 cm³/mol. The Bertz CT molecular complexity index is 854. The molecule has 2 aliphatic heterocycles. The van der Waals surface area contributed by atoms with E-state index in [-0.39, 0.29) is 24.5 Å². The standard InChI is InChI=1S/C20H32N6O3/c1-6-7-8-25(12(2)3)9-13-15-16(29-20(4,5)28-15)19(27-13)26-11-24-14-17(21)22-10-23-18(14)26/h10-13,15-16,19H,6-9H2,1-5H3,(H2,21,22,23)/t13-,15-,16-,19-/m1/s1. The van der Waals surface area contributed by atoms with Crippen LogP contribution in [0.4, 0.5) is 5.82 Å². The second-order valence-corrected chi connectivity index (χ2v) is 8.66. The summed E-state index contributed by atoms with van der Waals surface area (Å²) in [5.41, 5.74) is 7.17. The molecule has 2 fully saturated rings. The number of nitrogens with two attached hydrogens (primary N) is 1. The van der Waals surface area contributed by atoms with Crippen molar-refractivity contribution < 1.29 is 14.2 Å². The maximum atomic E-state index is 6.50. The van der Waals surface area contributed by atoms with Crippen molar-refractivity contribution in [2.75, 3.05) is 18.8 Å². The molecule has 160 valence electrons. The van der Waals surface area contributed by atoms with Crippen molar-refractivity contribution in [3.8, 4) is 0 Å². The minimum Gasteiger partial charge on any atom is -0.382 e. The summed E-state index contributed by atoms with van der Waals surface area (Å²) < 4.78 is 20.9. The Morgan fingerprint density at radius 1 is 1.21 bits per heavy atom. The monoisotopic (exact) mass is 404 g/mol. The smallest absolute Gasteiger partial charge is 0.167 e. The third kappa shape index (κ3) is 3.84. The lowest BCUT2D eigenvalue weighted by Gasteiger charge is -2.31. The average Bonchev–Trinajstić information content (AvgIpc) is 3.30. The van der Waals surface area contributed by atoms with Crippen LogP contribution in [0.15, 0.2) is 12.7 Å². The van der Waals surface area contributed by atoms with Gasteiger partial charge in [-0.05, 0) is 40.7 Å². The SMILES string of the molecule is CCCCN(C[C@H]1O[C@@H](n2cnc3c(N)ncnc32)[C@@H]2OC(C)(C)O[C@@H]21)C(C)C. The summed E-state index contributed by atoms with van der Waals surface area (Å²) in [5.74, 6) is -0.305. The summed E-state index contributed by atoms with van der Waals surface area (Å²) in [6.45, 7) is 12.4. The topological polar surface area (TPSA) is 101 Å². The normalized spacial score (nSPS) is 28.7. The van der Waals surface area contributed by atoms with E-state index in [0.717, 1.165) is 25.9 Å². The molecule has 29 heavy (non-hydrogen) atoms. The number of nitrogens with zero attached hydrogens (tertiary/aromatic N) is 5. The Hall–Kier alpha value is -1.81. The van der Waals surface area contributed by atoms with Gasteiger partial charge in [0.15, 0.2) is 23.5 Å². The number of imidazole rings is 1. The van der Waals surface area contributed by atoms with E-state index < -0.39 is 5.79 Å². The van der Waals surface area contributed by atoms with E-state index in [1.165, 1.54) is 6.33 Å². The first kappa shape index (κ1) is 20.5. The molecule has 4 rings (SSSR count). The van der Waals surface area contributed by atoms with Gasteiger partial charge in [0.1, 0.15) is 30.2 Å². The minimum atomic E-state index is -0.661. The fourth-order valence-electron chi connectivity index (χ4n) is 4.24. The second-order valence-electron chi connectivity index (χ2n) is 8.66.